The highest BCUT2D eigenvalue weighted by Gasteiger charge is 2.06. The maximum atomic E-state index is 9.41. The van der Waals surface area contributed by atoms with Gasteiger partial charge in [0.1, 0.15) is 12.7 Å². The number of hydrogen-bond donors (Lipinski definition) is 3. The van der Waals surface area contributed by atoms with Crippen molar-refractivity contribution in [1.29, 1.82) is 0 Å². The van der Waals surface area contributed by atoms with Crippen molar-refractivity contribution in [2.45, 2.75) is 13.0 Å². The van der Waals surface area contributed by atoms with Gasteiger partial charge in [-0.15, -0.1) is 0 Å². The summed E-state index contributed by atoms with van der Waals surface area (Å²) in [5.74, 6) is 0.346. The fourth-order valence-corrected chi connectivity index (χ4v) is 0.988. The largest absolute Gasteiger partial charge is 0.504 e. The highest BCUT2D eigenvalue weighted by atomic mass is 16.5. The van der Waals surface area contributed by atoms with Gasteiger partial charge in [0.25, 0.3) is 0 Å². The van der Waals surface area contributed by atoms with Crippen LogP contribution in [0.25, 0.3) is 0 Å². The van der Waals surface area contributed by atoms with Crippen LogP contribution in [0.5, 0.6) is 11.5 Å². The summed E-state index contributed by atoms with van der Waals surface area (Å²) in [4.78, 5) is 0. The fourth-order valence-electron chi connectivity index (χ4n) is 0.988. The minimum Gasteiger partial charge on any atom is -0.504 e. The van der Waals surface area contributed by atoms with Crippen molar-refractivity contribution in [3.8, 4) is 11.5 Å². The molecule has 0 aromatic heterocycles. The number of rotatable bonds is 4. The van der Waals surface area contributed by atoms with Crippen LogP contribution >= 0.6 is 0 Å². The molecule has 0 bridgehead atoms. The topological polar surface area (TPSA) is 69.9 Å². The molecule has 14 heavy (non-hydrogen) atoms. The summed E-state index contributed by atoms with van der Waals surface area (Å²) in [6, 6.07) is 4.98. The third-order valence-electron chi connectivity index (χ3n) is 1.76. The standard InChI is InChI=1S/C10H14O4/c1-7-2-3-10(9(13)4-7)14-6-8(12)5-11/h2-4,8,11-13H,5-6H2,1H3/t8-/m1/s1. The summed E-state index contributed by atoms with van der Waals surface area (Å²) >= 11 is 0. The summed E-state index contributed by atoms with van der Waals surface area (Å²) in [6.45, 7) is 1.46. The van der Waals surface area contributed by atoms with Gasteiger partial charge in [-0.25, -0.2) is 0 Å². The van der Waals surface area contributed by atoms with E-state index in [0.29, 0.717) is 5.75 Å². The molecule has 1 rings (SSSR count). The maximum Gasteiger partial charge on any atom is 0.161 e. The minimum atomic E-state index is -0.921. The van der Waals surface area contributed by atoms with E-state index < -0.39 is 6.10 Å². The Labute approximate surface area is 82.4 Å². The lowest BCUT2D eigenvalue weighted by Gasteiger charge is -2.11. The van der Waals surface area contributed by atoms with E-state index in [9.17, 15) is 5.11 Å². The Bertz CT molecular complexity index is 298. The molecule has 1 aromatic rings. The Balaban J connectivity index is 2.59. The van der Waals surface area contributed by atoms with Crippen molar-refractivity contribution in [2.75, 3.05) is 13.2 Å². The highest BCUT2D eigenvalue weighted by molar-refractivity contribution is 5.41. The number of aliphatic hydroxyl groups is 2. The predicted molar refractivity (Wildman–Crippen MR) is 51.4 cm³/mol. The monoisotopic (exact) mass is 198 g/mol. The van der Waals surface area contributed by atoms with Gasteiger partial charge >= 0.3 is 0 Å². The van der Waals surface area contributed by atoms with E-state index in [4.69, 9.17) is 14.9 Å². The van der Waals surface area contributed by atoms with Crippen LogP contribution in [0, 0.1) is 6.92 Å². The van der Waals surface area contributed by atoms with E-state index >= 15 is 0 Å². The van der Waals surface area contributed by atoms with Crippen LogP contribution in [0.15, 0.2) is 18.2 Å². The number of ether oxygens (including phenoxy) is 1. The molecule has 3 N–H and O–H groups in total. The summed E-state index contributed by atoms with van der Waals surface area (Å²) in [7, 11) is 0. The molecular formula is C10H14O4. The smallest absolute Gasteiger partial charge is 0.161 e. The van der Waals surface area contributed by atoms with E-state index in [1.54, 1.807) is 18.2 Å². The molecule has 0 aliphatic carbocycles. The van der Waals surface area contributed by atoms with Crippen molar-refractivity contribution in [1.82, 2.24) is 0 Å². The van der Waals surface area contributed by atoms with Gasteiger partial charge in [0.2, 0.25) is 0 Å². The molecule has 0 fully saturated rings. The SMILES string of the molecule is Cc1ccc(OC[C@H](O)CO)c(O)c1. The maximum absolute atomic E-state index is 9.41. The van der Waals surface area contributed by atoms with E-state index in [-0.39, 0.29) is 19.0 Å². The minimum absolute atomic E-state index is 0.0346. The third kappa shape index (κ3) is 2.90. The van der Waals surface area contributed by atoms with Crippen LogP contribution in [0.3, 0.4) is 0 Å². The second-order valence-electron chi connectivity index (χ2n) is 3.12. The van der Waals surface area contributed by atoms with Gasteiger partial charge in [-0.05, 0) is 24.6 Å². The second-order valence-corrected chi connectivity index (χ2v) is 3.12. The van der Waals surface area contributed by atoms with Crippen LogP contribution in [0.1, 0.15) is 5.56 Å². The van der Waals surface area contributed by atoms with Crippen molar-refractivity contribution < 1.29 is 20.1 Å². The zero-order valence-corrected chi connectivity index (χ0v) is 7.97. The van der Waals surface area contributed by atoms with Gasteiger partial charge in [0.05, 0.1) is 6.61 Å². The summed E-state index contributed by atoms with van der Waals surface area (Å²) in [6.07, 6.45) is -0.921. The van der Waals surface area contributed by atoms with Gasteiger partial charge in [-0.2, -0.15) is 0 Å². The van der Waals surface area contributed by atoms with Gasteiger partial charge in [-0.3, -0.25) is 0 Å². The van der Waals surface area contributed by atoms with E-state index in [1.165, 1.54) is 0 Å². The van der Waals surface area contributed by atoms with Crippen molar-refractivity contribution in [3.05, 3.63) is 23.8 Å². The van der Waals surface area contributed by atoms with Gasteiger partial charge < -0.3 is 20.1 Å². The normalized spacial score (nSPS) is 12.5. The first-order valence-electron chi connectivity index (χ1n) is 4.35. The molecule has 0 saturated heterocycles. The first kappa shape index (κ1) is 10.8. The number of benzene rings is 1. The second kappa shape index (κ2) is 4.83. The number of aliphatic hydroxyl groups excluding tert-OH is 2. The van der Waals surface area contributed by atoms with Gasteiger partial charge in [-0.1, -0.05) is 6.07 Å². The lowest BCUT2D eigenvalue weighted by Crippen LogP contribution is -2.21. The molecule has 4 nitrogen and oxygen atoms in total. The first-order valence-corrected chi connectivity index (χ1v) is 4.35. The third-order valence-corrected chi connectivity index (χ3v) is 1.76. The van der Waals surface area contributed by atoms with Gasteiger partial charge in [0.15, 0.2) is 11.5 Å². The molecule has 0 aliphatic rings. The van der Waals surface area contributed by atoms with Crippen LogP contribution in [-0.2, 0) is 0 Å². The molecule has 0 radical (unpaired) electrons. The molecule has 78 valence electrons. The molecule has 0 amide bonds. The Morgan fingerprint density at radius 1 is 1.43 bits per heavy atom. The molecule has 0 saturated carbocycles. The Hall–Kier alpha value is -1.26. The molecular weight excluding hydrogens is 184 g/mol. The molecule has 1 atom stereocenters. The summed E-state index contributed by atoms with van der Waals surface area (Å²) < 4.78 is 5.08. The van der Waals surface area contributed by atoms with E-state index in [2.05, 4.69) is 0 Å². The number of aromatic hydroxyl groups is 1. The Morgan fingerprint density at radius 3 is 2.71 bits per heavy atom. The fraction of sp³-hybridized carbons (Fsp3) is 0.400. The van der Waals surface area contributed by atoms with Crippen molar-refractivity contribution in [3.63, 3.8) is 0 Å². The lowest BCUT2D eigenvalue weighted by molar-refractivity contribution is 0.0527. The van der Waals surface area contributed by atoms with Crippen LogP contribution in [-0.4, -0.2) is 34.6 Å². The van der Waals surface area contributed by atoms with Crippen LogP contribution in [0.2, 0.25) is 0 Å². The quantitative estimate of drug-likeness (QED) is 0.656. The summed E-state index contributed by atoms with van der Waals surface area (Å²) in [5, 5.41) is 26.9. The average Bonchev–Trinajstić information content (AvgIpc) is 2.16. The zero-order valence-electron chi connectivity index (χ0n) is 7.97. The van der Waals surface area contributed by atoms with Gasteiger partial charge in [0, 0.05) is 0 Å². The molecule has 1 aromatic carbocycles. The number of phenolic OH excluding ortho intramolecular Hbond substituents is 1. The zero-order chi connectivity index (χ0) is 10.6. The van der Waals surface area contributed by atoms with E-state index in [1.807, 2.05) is 6.92 Å². The highest BCUT2D eigenvalue weighted by Crippen LogP contribution is 2.26. The number of hydrogen-bond acceptors (Lipinski definition) is 4. The Kier molecular flexibility index (Phi) is 3.73. The molecule has 0 unspecified atom stereocenters. The summed E-state index contributed by atoms with van der Waals surface area (Å²) in [5.41, 5.74) is 0.928. The molecule has 0 spiro atoms. The average molecular weight is 198 g/mol. The van der Waals surface area contributed by atoms with Crippen LogP contribution in [0.4, 0.5) is 0 Å². The predicted octanol–water partition coefficient (Wildman–Crippen LogP) is 0.433. The van der Waals surface area contributed by atoms with Crippen molar-refractivity contribution >= 4 is 0 Å². The molecule has 0 heterocycles. The van der Waals surface area contributed by atoms with Crippen molar-refractivity contribution in [2.24, 2.45) is 0 Å². The van der Waals surface area contributed by atoms with Crippen LogP contribution < -0.4 is 4.74 Å². The molecule has 0 aliphatic heterocycles. The van der Waals surface area contributed by atoms with E-state index in [0.717, 1.165) is 5.56 Å². The Morgan fingerprint density at radius 2 is 2.14 bits per heavy atom. The lowest BCUT2D eigenvalue weighted by atomic mass is 10.2. The number of aryl methyl sites for hydroxylation is 1. The molecule has 4 heteroatoms. The first-order chi connectivity index (χ1) is 6.63. The number of phenols is 1.